The number of hydrogen-bond donors (Lipinski definition) is 1. The fraction of sp³-hybridized carbons (Fsp3) is 0.0870. The smallest absolute Gasteiger partial charge is 0.252 e. The summed E-state index contributed by atoms with van der Waals surface area (Å²) in [6, 6.07) is 28.3. The van der Waals surface area contributed by atoms with Gasteiger partial charge in [0.25, 0.3) is 5.91 Å². The Morgan fingerprint density at radius 1 is 0.760 bits per heavy atom. The third-order valence-corrected chi connectivity index (χ3v) is 4.66. The van der Waals surface area contributed by atoms with Crippen molar-refractivity contribution in [3.8, 4) is 0 Å². The molecule has 0 radical (unpaired) electrons. The van der Waals surface area contributed by atoms with Gasteiger partial charge in [0.1, 0.15) is 0 Å². The van der Waals surface area contributed by atoms with Crippen LogP contribution in [0.1, 0.15) is 28.9 Å². The van der Waals surface area contributed by atoms with Crippen molar-refractivity contribution in [1.82, 2.24) is 5.32 Å². The summed E-state index contributed by atoms with van der Waals surface area (Å²) in [5, 5.41) is 7.58. The van der Waals surface area contributed by atoms with E-state index < -0.39 is 0 Å². The van der Waals surface area contributed by atoms with Gasteiger partial charge in [0.2, 0.25) is 0 Å². The van der Waals surface area contributed by atoms with Crippen LogP contribution in [0.3, 0.4) is 0 Å². The number of fused-ring (bicyclic) bond motifs is 2. The van der Waals surface area contributed by atoms with E-state index in [1.807, 2.05) is 61.5 Å². The highest BCUT2D eigenvalue weighted by molar-refractivity contribution is 6.07. The van der Waals surface area contributed by atoms with Gasteiger partial charge < -0.3 is 5.32 Å². The quantitative estimate of drug-likeness (QED) is 0.530. The number of nitrogens with one attached hydrogen (secondary N) is 1. The van der Waals surface area contributed by atoms with Crippen LogP contribution in [0.5, 0.6) is 0 Å². The number of carbonyl (C=O) groups is 1. The van der Waals surface area contributed by atoms with Crippen molar-refractivity contribution in [3.05, 3.63) is 96.1 Å². The molecule has 4 rings (SSSR count). The van der Waals surface area contributed by atoms with Gasteiger partial charge in [0.15, 0.2) is 0 Å². The second-order valence-corrected chi connectivity index (χ2v) is 6.33. The Kier molecular flexibility index (Phi) is 3.95. The molecule has 0 aliphatic rings. The SMILES string of the molecule is CC(NC(=O)c1cccc2ccccc12)c1ccc2ccccc2c1. The summed E-state index contributed by atoms with van der Waals surface area (Å²) in [5.41, 5.74) is 1.82. The van der Waals surface area contributed by atoms with Gasteiger partial charge in [-0.3, -0.25) is 4.79 Å². The van der Waals surface area contributed by atoms with E-state index in [0.29, 0.717) is 5.56 Å². The van der Waals surface area contributed by atoms with E-state index in [2.05, 4.69) is 35.6 Å². The fourth-order valence-electron chi connectivity index (χ4n) is 3.26. The number of amides is 1. The molecule has 0 aliphatic carbocycles. The summed E-state index contributed by atoms with van der Waals surface area (Å²) in [5.74, 6) is -0.0440. The van der Waals surface area contributed by atoms with Gasteiger partial charge in [-0.15, -0.1) is 0 Å². The maximum atomic E-state index is 12.8. The third-order valence-electron chi connectivity index (χ3n) is 4.66. The average Bonchev–Trinajstić information content (AvgIpc) is 2.67. The lowest BCUT2D eigenvalue weighted by molar-refractivity contribution is 0.0941. The molecular formula is C23H19NO. The summed E-state index contributed by atoms with van der Waals surface area (Å²) < 4.78 is 0. The minimum atomic E-state index is -0.0592. The third kappa shape index (κ3) is 2.99. The molecule has 2 heteroatoms. The Hall–Kier alpha value is -3.13. The van der Waals surface area contributed by atoms with Crippen LogP contribution in [0.15, 0.2) is 84.9 Å². The summed E-state index contributed by atoms with van der Waals surface area (Å²) in [6.07, 6.45) is 0. The first-order valence-corrected chi connectivity index (χ1v) is 8.50. The molecule has 1 amide bonds. The standard InChI is InChI=1S/C23H19NO/c1-16(19-14-13-17-7-2-3-9-20(17)15-19)24-23(25)22-12-6-10-18-8-4-5-11-21(18)22/h2-16H,1H3,(H,24,25). The Morgan fingerprint density at radius 2 is 1.44 bits per heavy atom. The Labute approximate surface area is 147 Å². The molecule has 25 heavy (non-hydrogen) atoms. The van der Waals surface area contributed by atoms with Crippen molar-refractivity contribution >= 4 is 27.5 Å². The highest BCUT2D eigenvalue weighted by Crippen LogP contribution is 2.22. The average molecular weight is 325 g/mol. The molecule has 0 aromatic heterocycles. The van der Waals surface area contributed by atoms with Crippen molar-refractivity contribution in [3.63, 3.8) is 0 Å². The molecule has 2 nitrogen and oxygen atoms in total. The molecular weight excluding hydrogens is 306 g/mol. The lowest BCUT2D eigenvalue weighted by Gasteiger charge is -2.16. The van der Waals surface area contributed by atoms with Crippen molar-refractivity contribution in [2.24, 2.45) is 0 Å². The fourth-order valence-corrected chi connectivity index (χ4v) is 3.26. The Morgan fingerprint density at radius 3 is 2.28 bits per heavy atom. The van der Waals surface area contributed by atoms with E-state index in [1.54, 1.807) is 0 Å². The van der Waals surface area contributed by atoms with Crippen LogP contribution in [0.2, 0.25) is 0 Å². The lowest BCUT2D eigenvalue weighted by Crippen LogP contribution is -2.26. The predicted octanol–water partition coefficient (Wildman–Crippen LogP) is 5.48. The topological polar surface area (TPSA) is 29.1 Å². The highest BCUT2D eigenvalue weighted by Gasteiger charge is 2.14. The summed E-state index contributed by atoms with van der Waals surface area (Å²) in [7, 11) is 0. The highest BCUT2D eigenvalue weighted by atomic mass is 16.1. The maximum absolute atomic E-state index is 12.8. The van der Waals surface area contributed by atoms with E-state index in [0.717, 1.165) is 16.3 Å². The zero-order valence-corrected chi connectivity index (χ0v) is 14.1. The minimum absolute atomic E-state index is 0.0440. The van der Waals surface area contributed by atoms with Crippen LogP contribution in [0.25, 0.3) is 21.5 Å². The van der Waals surface area contributed by atoms with Gasteiger partial charge in [-0.05, 0) is 46.2 Å². The van der Waals surface area contributed by atoms with Gasteiger partial charge in [-0.25, -0.2) is 0 Å². The van der Waals surface area contributed by atoms with Crippen molar-refractivity contribution in [2.45, 2.75) is 13.0 Å². The van der Waals surface area contributed by atoms with Gasteiger partial charge >= 0.3 is 0 Å². The normalized spacial score (nSPS) is 12.2. The maximum Gasteiger partial charge on any atom is 0.252 e. The molecule has 0 bridgehead atoms. The van der Waals surface area contributed by atoms with E-state index in [1.165, 1.54) is 10.8 Å². The monoisotopic (exact) mass is 325 g/mol. The van der Waals surface area contributed by atoms with Crippen molar-refractivity contribution in [1.29, 1.82) is 0 Å². The van der Waals surface area contributed by atoms with Crippen LogP contribution in [-0.4, -0.2) is 5.91 Å². The second-order valence-electron chi connectivity index (χ2n) is 6.33. The molecule has 122 valence electrons. The van der Waals surface area contributed by atoms with Gasteiger partial charge in [-0.2, -0.15) is 0 Å². The van der Waals surface area contributed by atoms with E-state index in [4.69, 9.17) is 0 Å². The van der Waals surface area contributed by atoms with Crippen LogP contribution >= 0.6 is 0 Å². The van der Waals surface area contributed by atoms with Crippen LogP contribution in [0.4, 0.5) is 0 Å². The van der Waals surface area contributed by atoms with Gasteiger partial charge in [-0.1, -0.05) is 72.8 Å². The first-order valence-electron chi connectivity index (χ1n) is 8.50. The minimum Gasteiger partial charge on any atom is -0.345 e. The number of benzene rings is 4. The van der Waals surface area contributed by atoms with Gasteiger partial charge in [0, 0.05) is 5.56 Å². The molecule has 1 N–H and O–H groups in total. The first kappa shape index (κ1) is 15.4. The zero-order chi connectivity index (χ0) is 17.2. The summed E-state index contributed by atoms with van der Waals surface area (Å²) in [6.45, 7) is 2.02. The summed E-state index contributed by atoms with van der Waals surface area (Å²) >= 11 is 0. The zero-order valence-electron chi connectivity index (χ0n) is 14.1. The lowest BCUT2D eigenvalue weighted by atomic mass is 10.0. The molecule has 0 spiro atoms. The molecule has 0 aliphatic heterocycles. The van der Waals surface area contributed by atoms with Gasteiger partial charge in [0.05, 0.1) is 6.04 Å². The Balaban J connectivity index is 1.62. The summed E-state index contributed by atoms with van der Waals surface area (Å²) in [4.78, 5) is 12.8. The molecule has 4 aromatic carbocycles. The molecule has 0 fully saturated rings. The predicted molar refractivity (Wildman–Crippen MR) is 104 cm³/mol. The molecule has 1 unspecified atom stereocenters. The first-order chi connectivity index (χ1) is 12.2. The van der Waals surface area contributed by atoms with Crippen LogP contribution in [-0.2, 0) is 0 Å². The van der Waals surface area contributed by atoms with Crippen LogP contribution in [0, 0.1) is 0 Å². The number of rotatable bonds is 3. The number of carbonyl (C=O) groups excluding carboxylic acids is 1. The van der Waals surface area contributed by atoms with E-state index in [-0.39, 0.29) is 11.9 Å². The number of hydrogen-bond acceptors (Lipinski definition) is 1. The molecule has 0 saturated heterocycles. The molecule has 0 heterocycles. The van der Waals surface area contributed by atoms with Crippen molar-refractivity contribution < 1.29 is 4.79 Å². The molecule has 4 aromatic rings. The largest absolute Gasteiger partial charge is 0.345 e. The van der Waals surface area contributed by atoms with Crippen molar-refractivity contribution in [2.75, 3.05) is 0 Å². The van der Waals surface area contributed by atoms with E-state index >= 15 is 0 Å². The van der Waals surface area contributed by atoms with Crippen LogP contribution < -0.4 is 5.32 Å². The molecule has 0 saturated carbocycles. The van der Waals surface area contributed by atoms with E-state index in [9.17, 15) is 4.79 Å². The molecule has 1 atom stereocenters. The Bertz CT molecular complexity index is 1060. The second kappa shape index (κ2) is 6.40.